The summed E-state index contributed by atoms with van der Waals surface area (Å²) in [6.45, 7) is 6.20. The van der Waals surface area contributed by atoms with E-state index < -0.39 is 10.0 Å². The highest BCUT2D eigenvalue weighted by Crippen LogP contribution is 2.20. The van der Waals surface area contributed by atoms with Gasteiger partial charge in [-0.25, -0.2) is 8.42 Å². The fourth-order valence-corrected chi connectivity index (χ4v) is 5.44. The van der Waals surface area contributed by atoms with Gasteiger partial charge in [0, 0.05) is 31.8 Å². The second-order valence-corrected chi connectivity index (χ2v) is 8.79. The first-order valence-electron chi connectivity index (χ1n) is 8.47. The van der Waals surface area contributed by atoms with Gasteiger partial charge in [-0.15, -0.1) is 0 Å². The molecule has 0 spiro atoms. The molecule has 2 heterocycles. The molecule has 122 valence electrons. The lowest BCUT2D eigenvalue weighted by Gasteiger charge is -2.38. The summed E-state index contributed by atoms with van der Waals surface area (Å²) in [5.74, 6) is 0.815. The van der Waals surface area contributed by atoms with Crippen molar-refractivity contribution in [2.45, 2.75) is 43.5 Å². The molecule has 2 aliphatic rings. The molecule has 2 saturated heterocycles. The van der Waals surface area contributed by atoms with Crippen molar-refractivity contribution in [2.75, 3.05) is 26.2 Å². The largest absolute Gasteiger partial charge is 0.332 e. The van der Waals surface area contributed by atoms with Crippen molar-refractivity contribution in [3.63, 3.8) is 0 Å². The van der Waals surface area contributed by atoms with Gasteiger partial charge >= 0.3 is 0 Å². The van der Waals surface area contributed by atoms with Gasteiger partial charge in [0.25, 0.3) is 0 Å². The van der Waals surface area contributed by atoms with E-state index in [1.807, 2.05) is 6.07 Å². The van der Waals surface area contributed by atoms with Crippen LogP contribution in [0.2, 0.25) is 0 Å². The molecule has 1 N–H and O–H groups in total. The molecule has 2 atom stereocenters. The van der Waals surface area contributed by atoms with E-state index >= 15 is 0 Å². The summed E-state index contributed by atoms with van der Waals surface area (Å²) in [6, 6.07) is 9.46. The normalized spacial score (nSPS) is 28.6. The summed E-state index contributed by atoms with van der Waals surface area (Å²) in [5.41, 5.74) is 0. The molecule has 0 aliphatic carbocycles. The van der Waals surface area contributed by atoms with E-state index in [-0.39, 0.29) is 0 Å². The van der Waals surface area contributed by atoms with Crippen molar-refractivity contribution in [2.24, 2.45) is 5.92 Å². The molecule has 0 aromatic heterocycles. The molecule has 22 heavy (non-hydrogen) atoms. The Balaban J connectivity index is 1.62. The summed E-state index contributed by atoms with van der Waals surface area (Å²) in [6.07, 6.45) is 4.66. The number of piperidine rings is 2. The molecular weight excluding hydrogens is 296 g/mol. The van der Waals surface area contributed by atoms with Crippen LogP contribution in [0.15, 0.2) is 35.2 Å². The molecule has 0 radical (unpaired) electrons. The van der Waals surface area contributed by atoms with Crippen LogP contribution in [-0.4, -0.2) is 44.9 Å². The van der Waals surface area contributed by atoms with E-state index in [4.69, 9.17) is 0 Å². The Labute approximate surface area is 134 Å². The maximum atomic E-state index is 12.6. The van der Waals surface area contributed by atoms with Crippen molar-refractivity contribution >= 4 is 10.0 Å². The second kappa shape index (κ2) is 6.69. The molecule has 0 saturated carbocycles. The van der Waals surface area contributed by atoms with E-state index in [0.29, 0.717) is 24.0 Å². The predicted molar refractivity (Wildman–Crippen MR) is 87.3 cm³/mol. The zero-order valence-electron chi connectivity index (χ0n) is 13.4. The molecule has 1 unspecified atom stereocenters. The zero-order valence-corrected chi connectivity index (χ0v) is 14.2. The highest BCUT2D eigenvalue weighted by atomic mass is 32.2. The van der Waals surface area contributed by atoms with Gasteiger partial charge in [0.1, 0.15) is 0 Å². The quantitative estimate of drug-likeness (QED) is 0.907. The van der Waals surface area contributed by atoms with E-state index in [2.05, 4.69) is 6.92 Å². The molecular formula is C17H27N2O2S+. The third-order valence-corrected chi connectivity index (χ3v) is 7.13. The smallest absolute Gasteiger partial charge is 0.243 e. The Kier molecular flexibility index (Phi) is 4.85. The average molecular weight is 323 g/mol. The standard InChI is InChI=1S/C17H26N2O2S/c1-15-6-5-11-18(14-15)16-9-12-19(13-10-16)22(20,21)17-7-3-2-4-8-17/h2-4,7-8,15-16H,5-6,9-14H2,1H3/p+1/t15-/m1/s1. The molecule has 1 aromatic carbocycles. The minimum absolute atomic E-state index is 0.424. The fraction of sp³-hybridized carbons (Fsp3) is 0.647. The molecule has 2 aliphatic heterocycles. The van der Waals surface area contributed by atoms with Crippen LogP contribution in [0.4, 0.5) is 0 Å². The summed E-state index contributed by atoms with van der Waals surface area (Å²) >= 11 is 0. The Morgan fingerprint density at radius 1 is 1.09 bits per heavy atom. The van der Waals surface area contributed by atoms with Gasteiger partial charge in [-0.05, 0) is 25.0 Å². The number of hydrogen-bond acceptors (Lipinski definition) is 2. The minimum Gasteiger partial charge on any atom is -0.332 e. The van der Waals surface area contributed by atoms with E-state index in [0.717, 1.165) is 18.8 Å². The highest BCUT2D eigenvalue weighted by molar-refractivity contribution is 7.89. The number of likely N-dealkylation sites (tertiary alicyclic amines) is 1. The van der Waals surface area contributed by atoms with Crippen LogP contribution in [0.3, 0.4) is 0 Å². The van der Waals surface area contributed by atoms with Gasteiger partial charge < -0.3 is 4.90 Å². The second-order valence-electron chi connectivity index (χ2n) is 6.85. The Morgan fingerprint density at radius 3 is 2.41 bits per heavy atom. The van der Waals surface area contributed by atoms with Crippen LogP contribution in [-0.2, 0) is 10.0 Å². The van der Waals surface area contributed by atoms with Gasteiger partial charge in [0.15, 0.2) is 0 Å². The number of benzene rings is 1. The first-order chi connectivity index (χ1) is 10.6. The number of nitrogens with zero attached hydrogens (tertiary/aromatic N) is 1. The fourth-order valence-electron chi connectivity index (χ4n) is 3.95. The van der Waals surface area contributed by atoms with Crippen molar-refractivity contribution in [1.82, 2.24) is 4.31 Å². The highest BCUT2D eigenvalue weighted by Gasteiger charge is 2.34. The Bertz CT molecular complexity index is 580. The molecule has 5 heteroatoms. The van der Waals surface area contributed by atoms with E-state index in [9.17, 15) is 8.42 Å². The summed E-state index contributed by atoms with van der Waals surface area (Å²) in [5, 5.41) is 0. The molecule has 0 bridgehead atoms. The molecule has 2 fully saturated rings. The third kappa shape index (κ3) is 3.36. The van der Waals surface area contributed by atoms with Crippen molar-refractivity contribution in [3.8, 4) is 0 Å². The van der Waals surface area contributed by atoms with Crippen molar-refractivity contribution in [1.29, 1.82) is 0 Å². The van der Waals surface area contributed by atoms with Crippen LogP contribution >= 0.6 is 0 Å². The Hall–Kier alpha value is -0.910. The SMILES string of the molecule is C[C@@H]1CCC[NH+](C2CCN(S(=O)(=O)c3ccccc3)CC2)C1. The number of quaternary nitrogens is 1. The summed E-state index contributed by atoms with van der Waals surface area (Å²) in [7, 11) is -3.30. The minimum atomic E-state index is -3.30. The first kappa shape index (κ1) is 16.0. The topological polar surface area (TPSA) is 41.8 Å². The number of nitrogens with one attached hydrogen (secondary N) is 1. The van der Waals surface area contributed by atoms with Gasteiger partial charge in [-0.3, -0.25) is 0 Å². The van der Waals surface area contributed by atoms with Crippen LogP contribution in [0, 0.1) is 5.92 Å². The van der Waals surface area contributed by atoms with Crippen LogP contribution in [0.5, 0.6) is 0 Å². The maximum absolute atomic E-state index is 12.6. The monoisotopic (exact) mass is 323 g/mol. The molecule has 0 amide bonds. The third-order valence-electron chi connectivity index (χ3n) is 5.22. The number of hydrogen-bond donors (Lipinski definition) is 1. The summed E-state index contributed by atoms with van der Waals surface area (Å²) < 4.78 is 27.0. The van der Waals surface area contributed by atoms with E-state index in [1.165, 1.54) is 25.9 Å². The van der Waals surface area contributed by atoms with Gasteiger partial charge in [-0.1, -0.05) is 25.1 Å². The molecule has 4 nitrogen and oxygen atoms in total. The Morgan fingerprint density at radius 2 is 1.77 bits per heavy atom. The number of rotatable bonds is 3. The van der Waals surface area contributed by atoms with Crippen molar-refractivity contribution in [3.05, 3.63) is 30.3 Å². The number of sulfonamides is 1. The van der Waals surface area contributed by atoms with Crippen molar-refractivity contribution < 1.29 is 13.3 Å². The van der Waals surface area contributed by atoms with E-state index in [1.54, 1.807) is 33.5 Å². The van der Waals surface area contributed by atoms with Crippen LogP contribution in [0.1, 0.15) is 32.6 Å². The van der Waals surface area contributed by atoms with Gasteiger partial charge in [0.05, 0.1) is 24.0 Å². The molecule has 3 rings (SSSR count). The predicted octanol–water partition coefficient (Wildman–Crippen LogP) is 1.15. The lowest BCUT2D eigenvalue weighted by Crippen LogP contribution is -3.17. The maximum Gasteiger partial charge on any atom is 0.243 e. The average Bonchev–Trinajstić information content (AvgIpc) is 2.56. The van der Waals surface area contributed by atoms with Gasteiger partial charge in [-0.2, -0.15) is 4.31 Å². The van der Waals surface area contributed by atoms with Gasteiger partial charge in [0.2, 0.25) is 10.0 Å². The first-order valence-corrected chi connectivity index (χ1v) is 9.91. The zero-order chi connectivity index (χ0) is 15.6. The summed E-state index contributed by atoms with van der Waals surface area (Å²) in [4.78, 5) is 2.13. The van der Waals surface area contributed by atoms with Crippen LogP contribution in [0.25, 0.3) is 0 Å². The lowest BCUT2D eigenvalue weighted by atomic mass is 9.96. The lowest BCUT2D eigenvalue weighted by molar-refractivity contribution is -0.934. The van der Waals surface area contributed by atoms with Crippen LogP contribution < -0.4 is 4.90 Å². The molecule has 1 aromatic rings.